The van der Waals surface area contributed by atoms with Crippen LogP contribution in [0.1, 0.15) is 50.7 Å². The lowest BCUT2D eigenvalue weighted by atomic mass is 10.1. The van der Waals surface area contributed by atoms with Crippen molar-refractivity contribution in [1.82, 2.24) is 4.90 Å². The Labute approximate surface area is 121 Å². The second-order valence-electron chi connectivity index (χ2n) is 5.56. The summed E-state index contributed by atoms with van der Waals surface area (Å²) < 4.78 is 0. The number of hydrogen-bond acceptors (Lipinski definition) is 2. The zero-order valence-electron chi connectivity index (χ0n) is 11.7. The molecule has 2 nitrogen and oxygen atoms in total. The van der Waals surface area contributed by atoms with Crippen LogP contribution in [0.4, 0.5) is 0 Å². The Morgan fingerprint density at radius 3 is 2.89 bits per heavy atom. The zero-order chi connectivity index (χ0) is 13.7. The molecule has 1 heterocycles. The van der Waals surface area contributed by atoms with Crippen molar-refractivity contribution in [3.63, 3.8) is 0 Å². The van der Waals surface area contributed by atoms with Crippen molar-refractivity contribution in [1.29, 1.82) is 0 Å². The van der Waals surface area contributed by atoms with Crippen molar-refractivity contribution in [3.05, 3.63) is 34.9 Å². The van der Waals surface area contributed by atoms with Crippen LogP contribution in [0.2, 0.25) is 5.02 Å². The van der Waals surface area contributed by atoms with Gasteiger partial charge in [-0.25, -0.2) is 0 Å². The summed E-state index contributed by atoms with van der Waals surface area (Å²) in [5.74, 6) is 0. The minimum atomic E-state index is -0.454. The Kier molecular flexibility index (Phi) is 5.68. The molecule has 3 heteroatoms. The van der Waals surface area contributed by atoms with Crippen molar-refractivity contribution < 1.29 is 5.11 Å². The average Bonchev–Trinajstić information content (AvgIpc) is 2.61. The van der Waals surface area contributed by atoms with Crippen LogP contribution in [0.3, 0.4) is 0 Å². The van der Waals surface area contributed by atoms with Gasteiger partial charge in [0.2, 0.25) is 0 Å². The normalized spacial score (nSPS) is 23.0. The van der Waals surface area contributed by atoms with Crippen LogP contribution in [0.25, 0.3) is 0 Å². The summed E-state index contributed by atoms with van der Waals surface area (Å²) in [6.45, 7) is 4.41. The van der Waals surface area contributed by atoms with E-state index < -0.39 is 6.10 Å². The molecule has 0 amide bonds. The minimum Gasteiger partial charge on any atom is -0.388 e. The molecule has 0 saturated carbocycles. The Morgan fingerprint density at radius 2 is 2.11 bits per heavy atom. The number of aliphatic hydroxyl groups excluding tert-OH is 1. The molecular weight excluding hydrogens is 258 g/mol. The van der Waals surface area contributed by atoms with Gasteiger partial charge in [0.15, 0.2) is 0 Å². The van der Waals surface area contributed by atoms with Crippen molar-refractivity contribution >= 4 is 11.6 Å². The first-order valence-corrected chi connectivity index (χ1v) is 7.73. The van der Waals surface area contributed by atoms with Crippen LogP contribution in [-0.2, 0) is 0 Å². The van der Waals surface area contributed by atoms with Gasteiger partial charge in [0.25, 0.3) is 0 Å². The van der Waals surface area contributed by atoms with E-state index in [0.717, 1.165) is 25.1 Å². The van der Waals surface area contributed by atoms with E-state index in [2.05, 4.69) is 11.8 Å². The molecule has 0 aliphatic carbocycles. The first-order chi connectivity index (χ1) is 9.18. The van der Waals surface area contributed by atoms with Crippen molar-refractivity contribution in [2.24, 2.45) is 0 Å². The third kappa shape index (κ3) is 4.20. The highest BCUT2D eigenvalue weighted by atomic mass is 35.5. The molecule has 0 radical (unpaired) electrons. The van der Waals surface area contributed by atoms with E-state index in [1.54, 1.807) is 0 Å². The second-order valence-corrected chi connectivity index (χ2v) is 5.97. The third-order valence-corrected chi connectivity index (χ3v) is 4.49. The van der Waals surface area contributed by atoms with E-state index in [9.17, 15) is 5.11 Å². The highest BCUT2D eigenvalue weighted by molar-refractivity contribution is 6.31. The first-order valence-electron chi connectivity index (χ1n) is 7.35. The highest BCUT2D eigenvalue weighted by Gasteiger charge is 2.18. The van der Waals surface area contributed by atoms with Crippen molar-refractivity contribution in [3.8, 4) is 0 Å². The van der Waals surface area contributed by atoms with Gasteiger partial charge in [-0.1, -0.05) is 42.6 Å². The lowest BCUT2D eigenvalue weighted by Crippen LogP contribution is -2.34. The van der Waals surface area contributed by atoms with Gasteiger partial charge in [-0.15, -0.1) is 0 Å². The van der Waals surface area contributed by atoms with Gasteiger partial charge < -0.3 is 10.0 Å². The lowest BCUT2D eigenvalue weighted by molar-refractivity contribution is 0.128. The quantitative estimate of drug-likeness (QED) is 0.901. The van der Waals surface area contributed by atoms with Crippen LogP contribution < -0.4 is 0 Å². The predicted octanol–water partition coefficient (Wildman–Crippen LogP) is 4.03. The Morgan fingerprint density at radius 1 is 1.32 bits per heavy atom. The van der Waals surface area contributed by atoms with Crippen LogP contribution in [0.5, 0.6) is 0 Å². The molecule has 19 heavy (non-hydrogen) atoms. The molecule has 2 atom stereocenters. The van der Waals surface area contributed by atoms with Gasteiger partial charge in [0, 0.05) is 17.6 Å². The molecule has 1 aliphatic rings. The molecule has 0 aromatic heterocycles. The van der Waals surface area contributed by atoms with Gasteiger partial charge in [-0.3, -0.25) is 0 Å². The number of benzene rings is 1. The number of aliphatic hydroxyl groups is 1. The lowest BCUT2D eigenvalue weighted by Gasteiger charge is -2.28. The van der Waals surface area contributed by atoms with Crippen LogP contribution in [0, 0.1) is 0 Å². The number of likely N-dealkylation sites (tertiary alicyclic amines) is 1. The van der Waals surface area contributed by atoms with Gasteiger partial charge in [-0.05, 0) is 44.4 Å². The van der Waals surface area contributed by atoms with Crippen LogP contribution in [0.15, 0.2) is 24.3 Å². The summed E-state index contributed by atoms with van der Waals surface area (Å²) >= 11 is 6.12. The smallest absolute Gasteiger partial charge is 0.0816 e. The van der Waals surface area contributed by atoms with E-state index in [1.807, 2.05) is 24.3 Å². The molecule has 0 spiro atoms. The summed E-state index contributed by atoms with van der Waals surface area (Å²) in [6, 6.07) is 8.23. The maximum atomic E-state index is 10.3. The zero-order valence-corrected chi connectivity index (χ0v) is 12.4. The van der Waals surface area contributed by atoms with Gasteiger partial charge >= 0.3 is 0 Å². The predicted molar refractivity (Wildman–Crippen MR) is 80.5 cm³/mol. The molecule has 106 valence electrons. The van der Waals surface area contributed by atoms with E-state index in [4.69, 9.17) is 11.6 Å². The molecule has 1 aromatic rings. The van der Waals surface area contributed by atoms with Crippen molar-refractivity contribution in [2.75, 3.05) is 13.1 Å². The Hall–Kier alpha value is -0.570. The molecule has 2 rings (SSSR count). The van der Waals surface area contributed by atoms with Crippen molar-refractivity contribution in [2.45, 2.75) is 51.2 Å². The molecular formula is C16H24ClNO. The fourth-order valence-electron chi connectivity index (χ4n) is 2.86. The van der Waals surface area contributed by atoms with E-state index in [-0.39, 0.29) is 0 Å². The molecule has 1 aliphatic heterocycles. The van der Waals surface area contributed by atoms with Crippen LogP contribution in [-0.4, -0.2) is 29.1 Å². The number of nitrogens with zero attached hydrogens (tertiary/aromatic N) is 1. The fourth-order valence-corrected chi connectivity index (χ4v) is 3.12. The summed E-state index contributed by atoms with van der Waals surface area (Å²) in [6.07, 6.45) is 5.55. The minimum absolute atomic E-state index is 0.454. The number of halogens is 1. The molecule has 1 saturated heterocycles. The summed E-state index contributed by atoms with van der Waals surface area (Å²) in [7, 11) is 0. The largest absolute Gasteiger partial charge is 0.388 e. The highest BCUT2D eigenvalue weighted by Crippen LogP contribution is 2.26. The monoisotopic (exact) mass is 281 g/mol. The maximum absolute atomic E-state index is 10.3. The Bertz CT molecular complexity index is 396. The second kappa shape index (κ2) is 7.28. The van der Waals surface area contributed by atoms with Gasteiger partial charge in [0.1, 0.15) is 0 Å². The standard InChI is InChI=1S/C16H24ClNO/c1-13-7-3-2-6-11-18(13)12-10-16(19)14-8-4-5-9-15(14)17/h4-5,8-9,13,16,19H,2-3,6-7,10-12H2,1H3. The molecule has 0 bridgehead atoms. The number of hydrogen-bond donors (Lipinski definition) is 1. The summed E-state index contributed by atoms with van der Waals surface area (Å²) in [4.78, 5) is 2.51. The van der Waals surface area contributed by atoms with Crippen LogP contribution >= 0.6 is 11.6 Å². The Balaban J connectivity index is 1.89. The SMILES string of the molecule is CC1CCCCCN1CCC(O)c1ccccc1Cl. The fraction of sp³-hybridized carbons (Fsp3) is 0.625. The van der Waals surface area contributed by atoms with E-state index >= 15 is 0 Å². The number of rotatable bonds is 4. The average molecular weight is 282 g/mol. The first kappa shape index (κ1) is 14.8. The maximum Gasteiger partial charge on any atom is 0.0816 e. The van der Waals surface area contributed by atoms with Gasteiger partial charge in [-0.2, -0.15) is 0 Å². The van der Waals surface area contributed by atoms with Gasteiger partial charge in [0.05, 0.1) is 6.10 Å². The van der Waals surface area contributed by atoms with E-state index in [1.165, 1.54) is 25.7 Å². The topological polar surface area (TPSA) is 23.5 Å². The summed E-state index contributed by atoms with van der Waals surface area (Å²) in [5.41, 5.74) is 0.853. The third-order valence-electron chi connectivity index (χ3n) is 4.14. The molecule has 1 aromatic carbocycles. The molecule has 2 unspecified atom stereocenters. The van der Waals surface area contributed by atoms with E-state index in [0.29, 0.717) is 11.1 Å². The molecule has 1 N–H and O–H groups in total. The molecule has 1 fully saturated rings. The summed E-state index contributed by atoms with van der Waals surface area (Å²) in [5, 5.41) is 10.9.